The average Bonchev–Trinajstić information content (AvgIpc) is 2.83. The molecule has 0 spiro atoms. The summed E-state index contributed by atoms with van der Waals surface area (Å²) in [5.41, 5.74) is 1.04. The molecule has 2 N–H and O–H groups in total. The van der Waals surface area contributed by atoms with E-state index in [0.29, 0.717) is 29.8 Å². The second-order valence-corrected chi connectivity index (χ2v) is 10.0. The third-order valence-electron chi connectivity index (χ3n) is 6.07. The van der Waals surface area contributed by atoms with Gasteiger partial charge in [-0.15, -0.1) is 0 Å². The second kappa shape index (κ2) is 12.8. The van der Waals surface area contributed by atoms with Gasteiger partial charge >= 0.3 is 5.97 Å². The number of carbonyl (C=O) groups is 1. The van der Waals surface area contributed by atoms with E-state index in [0.717, 1.165) is 43.1 Å². The summed E-state index contributed by atoms with van der Waals surface area (Å²) in [7, 11) is 1.37. The van der Waals surface area contributed by atoms with Crippen LogP contribution in [0.3, 0.4) is 0 Å². The van der Waals surface area contributed by atoms with Crippen molar-refractivity contribution in [3.63, 3.8) is 0 Å². The van der Waals surface area contributed by atoms with Gasteiger partial charge in [-0.05, 0) is 80.7 Å². The van der Waals surface area contributed by atoms with Crippen molar-refractivity contribution in [3.05, 3.63) is 63.6 Å². The van der Waals surface area contributed by atoms with Gasteiger partial charge in [-0.2, -0.15) is 0 Å². The molecule has 1 saturated heterocycles. The molecular weight excluding hydrogens is 475 g/mol. The van der Waals surface area contributed by atoms with Crippen molar-refractivity contribution in [1.29, 1.82) is 0 Å². The lowest BCUT2D eigenvalue weighted by atomic mass is 10.0. The molecule has 0 amide bonds. The lowest BCUT2D eigenvalue weighted by Crippen LogP contribution is -2.49. The second-order valence-electron chi connectivity index (χ2n) is 9.17. The maximum atomic E-state index is 11.5. The van der Waals surface area contributed by atoms with E-state index in [1.165, 1.54) is 12.7 Å². The Labute approximate surface area is 212 Å². The molecule has 8 heteroatoms. The molecule has 0 bridgehead atoms. The highest BCUT2D eigenvalue weighted by Crippen LogP contribution is 2.25. The highest BCUT2D eigenvalue weighted by atomic mass is 35.5. The summed E-state index contributed by atoms with van der Waals surface area (Å²) in [5.74, 6) is 0.324. The van der Waals surface area contributed by atoms with E-state index in [1.807, 2.05) is 12.1 Å². The fraction of sp³-hybridized carbons (Fsp3) is 0.500. The molecule has 1 fully saturated rings. The highest BCUT2D eigenvalue weighted by Gasteiger charge is 2.26. The fourth-order valence-corrected chi connectivity index (χ4v) is 4.34. The van der Waals surface area contributed by atoms with E-state index in [2.05, 4.69) is 22.3 Å². The molecule has 3 rings (SSSR count). The van der Waals surface area contributed by atoms with Crippen LogP contribution in [0.5, 0.6) is 5.75 Å². The molecule has 0 radical (unpaired) electrons. The van der Waals surface area contributed by atoms with Crippen LogP contribution >= 0.6 is 23.2 Å². The quantitative estimate of drug-likeness (QED) is 0.436. The molecule has 2 aromatic rings. The van der Waals surface area contributed by atoms with Crippen LogP contribution in [-0.4, -0.2) is 61.0 Å². The largest absolute Gasteiger partial charge is 0.490 e. The standard InChI is InChI=1S/C26H34Cl2N2O4/c1-26(32,18-34-24-9-8-22(28)15-20(24)5-10-25(31)33-2)17-29-23-11-13-30(14-12-23)16-19-3-6-21(27)7-4-19/h3-4,6-9,15,23,29,32H,5,10-14,16-18H2,1-2H3/t26-/m0/s1. The molecule has 6 nitrogen and oxygen atoms in total. The number of aryl methyl sites for hydroxylation is 1. The van der Waals surface area contributed by atoms with Crippen molar-refractivity contribution in [1.82, 2.24) is 10.2 Å². The third-order valence-corrected chi connectivity index (χ3v) is 6.55. The first-order valence-electron chi connectivity index (χ1n) is 11.6. The predicted molar refractivity (Wildman–Crippen MR) is 136 cm³/mol. The summed E-state index contributed by atoms with van der Waals surface area (Å²) in [6, 6.07) is 13.7. The number of esters is 1. The van der Waals surface area contributed by atoms with Gasteiger partial charge in [-0.1, -0.05) is 35.3 Å². The van der Waals surface area contributed by atoms with Crippen molar-refractivity contribution in [2.24, 2.45) is 0 Å². The molecule has 0 saturated carbocycles. The smallest absolute Gasteiger partial charge is 0.305 e. The van der Waals surface area contributed by atoms with Gasteiger partial charge in [0.1, 0.15) is 18.0 Å². The van der Waals surface area contributed by atoms with E-state index in [-0.39, 0.29) is 19.0 Å². The predicted octanol–water partition coefficient (Wildman–Crippen LogP) is 4.48. The van der Waals surface area contributed by atoms with Crippen LogP contribution in [0.2, 0.25) is 10.0 Å². The normalized spacial score (nSPS) is 16.7. The van der Waals surface area contributed by atoms with Crippen LogP contribution in [-0.2, 0) is 22.5 Å². The molecule has 34 heavy (non-hydrogen) atoms. The monoisotopic (exact) mass is 508 g/mol. The number of aliphatic hydroxyl groups is 1. The van der Waals surface area contributed by atoms with Crippen LogP contribution in [0.15, 0.2) is 42.5 Å². The number of hydrogen-bond donors (Lipinski definition) is 2. The molecule has 1 aliphatic heterocycles. The molecule has 1 heterocycles. The zero-order valence-corrected chi connectivity index (χ0v) is 21.4. The van der Waals surface area contributed by atoms with Crippen molar-refractivity contribution in [2.75, 3.05) is 33.4 Å². The molecule has 186 valence electrons. The average molecular weight is 509 g/mol. The van der Waals surface area contributed by atoms with Crippen LogP contribution in [0, 0.1) is 0 Å². The van der Waals surface area contributed by atoms with Crippen LogP contribution in [0.25, 0.3) is 0 Å². The first kappa shape index (κ1) is 26.8. The van der Waals surface area contributed by atoms with Crippen molar-refractivity contribution in [2.45, 2.75) is 50.8 Å². The first-order chi connectivity index (χ1) is 16.2. The van der Waals surface area contributed by atoms with Gasteiger partial charge in [0.25, 0.3) is 0 Å². The van der Waals surface area contributed by atoms with Gasteiger partial charge in [0.15, 0.2) is 0 Å². The van der Waals surface area contributed by atoms with Crippen molar-refractivity contribution in [3.8, 4) is 5.75 Å². The fourth-order valence-electron chi connectivity index (χ4n) is 4.01. The van der Waals surface area contributed by atoms with Gasteiger partial charge in [-0.25, -0.2) is 0 Å². The third kappa shape index (κ3) is 8.75. The number of hydrogen-bond acceptors (Lipinski definition) is 6. The van der Waals surface area contributed by atoms with Gasteiger partial charge in [0.05, 0.1) is 7.11 Å². The lowest BCUT2D eigenvalue weighted by Gasteiger charge is -2.34. The summed E-state index contributed by atoms with van der Waals surface area (Å²) in [4.78, 5) is 13.9. The number of carbonyl (C=O) groups excluding carboxylic acids is 1. The van der Waals surface area contributed by atoms with Gasteiger partial charge < -0.3 is 19.9 Å². The number of likely N-dealkylation sites (tertiary alicyclic amines) is 1. The minimum Gasteiger partial charge on any atom is -0.490 e. The van der Waals surface area contributed by atoms with Crippen LogP contribution in [0.1, 0.15) is 37.3 Å². The zero-order valence-electron chi connectivity index (χ0n) is 19.9. The first-order valence-corrected chi connectivity index (χ1v) is 12.4. The summed E-state index contributed by atoms with van der Waals surface area (Å²) in [6.45, 7) is 5.26. The molecule has 2 aromatic carbocycles. The molecule has 0 aliphatic carbocycles. The van der Waals surface area contributed by atoms with E-state index in [1.54, 1.807) is 25.1 Å². The van der Waals surface area contributed by atoms with E-state index < -0.39 is 5.60 Å². The number of nitrogens with one attached hydrogen (secondary N) is 1. The Morgan fingerprint density at radius 3 is 2.50 bits per heavy atom. The Morgan fingerprint density at radius 1 is 1.15 bits per heavy atom. The van der Waals surface area contributed by atoms with E-state index in [9.17, 15) is 9.90 Å². The molecule has 0 aromatic heterocycles. The number of benzene rings is 2. The zero-order chi connectivity index (χ0) is 24.6. The number of rotatable bonds is 11. The number of piperidine rings is 1. The Kier molecular flexibility index (Phi) is 10.0. The van der Waals surface area contributed by atoms with Gasteiger partial charge in [0, 0.05) is 35.6 Å². The number of halogens is 2. The van der Waals surface area contributed by atoms with E-state index >= 15 is 0 Å². The minimum absolute atomic E-state index is 0.127. The van der Waals surface area contributed by atoms with Gasteiger partial charge in [0.2, 0.25) is 0 Å². The number of ether oxygens (including phenoxy) is 2. The van der Waals surface area contributed by atoms with E-state index in [4.69, 9.17) is 32.7 Å². The topological polar surface area (TPSA) is 71.0 Å². The van der Waals surface area contributed by atoms with Gasteiger partial charge in [-0.3, -0.25) is 9.69 Å². The lowest BCUT2D eigenvalue weighted by molar-refractivity contribution is -0.140. The Balaban J connectivity index is 1.43. The van der Waals surface area contributed by atoms with Crippen LogP contribution < -0.4 is 10.1 Å². The maximum Gasteiger partial charge on any atom is 0.305 e. The molecular formula is C26H34Cl2N2O4. The maximum absolute atomic E-state index is 11.5. The van der Waals surface area contributed by atoms with Crippen LogP contribution in [0.4, 0.5) is 0 Å². The number of methoxy groups -OCH3 is 1. The molecule has 0 unspecified atom stereocenters. The minimum atomic E-state index is -1.04. The Hall–Kier alpha value is -1.83. The summed E-state index contributed by atoms with van der Waals surface area (Å²) >= 11 is 12.1. The van der Waals surface area contributed by atoms with Crippen molar-refractivity contribution < 1.29 is 19.4 Å². The Morgan fingerprint density at radius 2 is 1.82 bits per heavy atom. The summed E-state index contributed by atoms with van der Waals surface area (Å²) in [5, 5.41) is 15.7. The Bertz CT molecular complexity index is 929. The number of nitrogens with zero attached hydrogens (tertiary/aromatic N) is 1. The SMILES string of the molecule is COC(=O)CCc1cc(Cl)ccc1OC[C@@](C)(O)CNC1CCN(Cc2ccc(Cl)cc2)CC1. The summed E-state index contributed by atoms with van der Waals surface area (Å²) in [6.07, 6.45) is 2.75. The molecule has 1 aliphatic rings. The highest BCUT2D eigenvalue weighted by molar-refractivity contribution is 6.30. The molecule has 1 atom stereocenters. The van der Waals surface area contributed by atoms with Crippen molar-refractivity contribution >= 4 is 29.2 Å². The summed E-state index contributed by atoms with van der Waals surface area (Å²) < 4.78 is 10.7.